The van der Waals surface area contributed by atoms with E-state index in [9.17, 15) is 22.8 Å². The van der Waals surface area contributed by atoms with Gasteiger partial charge in [0, 0.05) is 18.9 Å². The van der Waals surface area contributed by atoms with Gasteiger partial charge >= 0.3 is 6.18 Å². The summed E-state index contributed by atoms with van der Waals surface area (Å²) in [5, 5.41) is 2.89. The number of aromatic nitrogens is 2. The molecule has 0 aliphatic rings. The number of Topliss-reactive ketones (excluding diaryl/α,β-unsaturated/α-hetero) is 1. The van der Waals surface area contributed by atoms with Crippen LogP contribution in [0.25, 0.3) is 11.0 Å². The van der Waals surface area contributed by atoms with E-state index in [2.05, 4.69) is 15.3 Å². The number of halogens is 3. The van der Waals surface area contributed by atoms with Crippen LogP contribution in [0, 0.1) is 0 Å². The minimum absolute atomic E-state index is 0.0173. The molecule has 2 heterocycles. The number of nitrogens with one attached hydrogen (secondary N) is 1. The number of amides is 1. The van der Waals surface area contributed by atoms with Crippen molar-refractivity contribution in [1.29, 1.82) is 0 Å². The van der Waals surface area contributed by atoms with Crippen molar-refractivity contribution in [2.75, 3.05) is 0 Å². The van der Waals surface area contributed by atoms with Gasteiger partial charge in [0.1, 0.15) is 23.3 Å². The molecule has 0 radical (unpaired) electrons. The Morgan fingerprint density at radius 3 is 2.54 bits per heavy atom. The Hall–Kier alpha value is -3.23. The molecule has 3 aromatic rings. The normalized spacial score (nSPS) is 11.5. The number of nitrogens with zero attached hydrogens (tertiary/aromatic N) is 2. The number of furan rings is 1. The summed E-state index contributed by atoms with van der Waals surface area (Å²) in [6.07, 6.45) is -3.45. The van der Waals surface area contributed by atoms with E-state index in [1.807, 2.05) is 0 Å². The van der Waals surface area contributed by atoms with Crippen molar-refractivity contribution < 1.29 is 27.2 Å². The first-order chi connectivity index (χ1) is 12.2. The summed E-state index contributed by atoms with van der Waals surface area (Å²) >= 11 is 0. The third-order valence-corrected chi connectivity index (χ3v) is 3.58. The molecule has 0 unspecified atom stereocenters. The van der Waals surface area contributed by atoms with E-state index in [0.29, 0.717) is 10.9 Å². The van der Waals surface area contributed by atoms with E-state index in [-0.39, 0.29) is 29.3 Å². The Bertz CT molecular complexity index is 996. The van der Waals surface area contributed by atoms with Gasteiger partial charge in [-0.25, -0.2) is 9.97 Å². The minimum atomic E-state index is -4.56. The molecule has 1 amide bonds. The molecule has 3 rings (SSSR count). The van der Waals surface area contributed by atoms with Gasteiger partial charge in [0.05, 0.1) is 0 Å². The van der Waals surface area contributed by atoms with E-state index in [0.717, 1.165) is 12.4 Å². The van der Waals surface area contributed by atoms with E-state index in [1.54, 1.807) is 6.07 Å². The fourth-order valence-electron chi connectivity index (χ4n) is 2.27. The summed E-state index contributed by atoms with van der Waals surface area (Å²) in [4.78, 5) is 30.9. The highest BCUT2D eigenvalue weighted by Crippen LogP contribution is 2.33. The van der Waals surface area contributed by atoms with Gasteiger partial charge in [0.25, 0.3) is 5.91 Å². The van der Waals surface area contributed by atoms with Crippen LogP contribution >= 0.6 is 0 Å². The Morgan fingerprint density at radius 1 is 1.12 bits per heavy atom. The van der Waals surface area contributed by atoms with Gasteiger partial charge in [0.15, 0.2) is 5.78 Å². The lowest BCUT2D eigenvalue weighted by Crippen LogP contribution is -2.24. The highest BCUT2D eigenvalue weighted by molar-refractivity contribution is 5.97. The molecule has 26 heavy (non-hydrogen) atoms. The first kappa shape index (κ1) is 17.6. The molecule has 0 spiro atoms. The zero-order valence-corrected chi connectivity index (χ0v) is 13.4. The van der Waals surface area contributed by atoms with Gasteiger partial charge in [-0.2, -0.15) is 13.2 Å². The third-order valence-electron chi connectivity index (χ3n) is 3.58. The molecule has 6 nitrogen and oxygen atoms in total. The Labute approximate surface area is 145 Å². The zero-order valence-electron chi connectivity index (χ0n) is 13.4. The summed E-state index contributed by atoms with van der Waals surface area (Å²) in [5.41, 5.74) is 0.755. The van der Waals surface area contributed by atoms with Crippen molar-refractivity contribution in [2.24, 2.45) is 0 Å². The van der Waals surface area contributed by atoms with Crippen LogP contribution in [-0.2, 0) is 12.7 Å². The van der Waals surface area contributed by atoms with E-state index < -0.39 is 17.8 Å². The summed E-state index contributed by atoms with van der Waals surface area (Å²) < 4.78 is 42.8. The number of ketones is 1. The molecule has 2 aromatic heterocycles. The number of alkyl halides is 3. The van der Waals surface area contributed by atoms with Crippen molar-refractivity contribution in [3.05, 3.63) is 59.4 Å². The van der Waals surface area contributed by atoms with Crippen molar-refractivity contribution >= 4 is 22.7 Å². The van der Waals surface area contributed by atoms with Crippen LogP contribution in [0.1, 0.15) is 39.2 Å². The predicted octanol–water partition coefficient (Wildman–Crippen LogP) is 3.37. The van der Waals surface area contributed by atoms with E-state index >= 15 is 0 Å². The second kappa shape index (κ2) is 6.58. The molecule has 0 aliphatic heterocycles. The number of benzene rings is 1. The van der Waals surface area contributed by atoms with Crippen LogP contribution in [0.5, 0.6) is 0 Å². The molecule has 134 valence electrons. The van der Waals surface area contributed by atoms with Crippen molar-refractivity contribution in [3.63, 3.8) is 0 Å². The number of rotatable bonds is 4. The Morgan fingerprint density at radius 2 is 1.85 bits per heavy atom. The maximum absolute atomic E-state index is 12.7. The maximum Gasteiger partial charge on any atom is 0.449 e. The highest BCUT2D eigenvalue weighted by atomic mass is 19.4. The van der Waals surface area contributed by atoms with Gasteiger partial charge in [0.2, 0.25) is 5.76 Å². The van der Waals surface area contributed by atoms with Gasteiger partial charge < -0.3 is 9.73 Å². The number of hydrogen-bond donors (Lipinski definition) is 1. The summed E-state index contributed by atoms with van der Waals surface area (Å²) in [7, 11) is 0. The largest absolute Gasteiger partial charge is 0.451 e. The molecule has 0 saturated carbocycles. The van der Waals surface area contributed by atoms with Crippen LogP contribution in [0.15, 0.2) is 41.1 Å². The lowest BCUT2D eigenvalue weighted by molar-refractivity contribution is -0.152. The van der Waals surface area contributed by atoms with Gasteiger partial charge in [-0.1, -0.05) is 12.1 Å². The number of carbonyl (C=O) groups excluding carboxylic acids is 2. The molecule has 1 aromatic carbocycles. The summed E-state index contributed by atoms with van der Waals surface area (Å²) in [6.45, 7) is 1.37. The van der Waals surface area contributed by atoms with E-state index in [4.69, 9.17) is 4.42 Å². The molecule has 1 N–H and O–H groups in total. The average Bonchev–Trinajstić information content (AvgIpc) is 3.03. The second-order valence-corrected chi connectivity index (χ2v) is 5.51. The van der Waals surface area contributed by atoms with Crippen LogP contribution < -0.4 is 5.32 Å². The lowest BCUT2D eigenvalue weighted by Gasteiger charge is -2.05. The Kier molecular flexibility index (Phi) is 4.45. The SMILES string of the molecule is CC(=O)c1cc(C(=O)NCc2ccc3cc(C(F)(F)F)oc3c2)ncn1. The molecule has 9 heteroatoms. The number of carbonyl (C=O) groups is 2. The van der Waals surface area contributed by atoms with Crippen molar-refractivity contribution in [1.82, 2.24) is 15.3 Å². The van der Waals surface area contributed by atoms with Crippen LogP contribution in [0.2, 0.25) is 0 Å². The fraction of sp³-hybridized carbons (Fsp3) is 0.176. The molecule has 0 bridgehead atoms. The molecular formula is C17H12F3N3O3. The fourth-order valence-corrected chi connectivity index (χ4v) is 2.27. The standard InChI is InChI=1S/C17H12F3N3O3/c1-9(24)12-6-13(23-8-22-12)16(25)21-7-10-2-3-11-5-15(17(18,19)20)26-14(11)4-10/h2-6,8H,7H2,1H3,(H,21,25). The molecule has 0 fully saturated rings. The Balaban J connectivity index is 1.74. The summed E-state index contributed by atoms with van der Waals surface area (Å²) in [6, 6.07) is 6.67. The topological polar surface area (TPSA) is 85.1 Å². The highest BCUT2D eigenvalue weighted by Gasteiger charge is 2.35. The van der Waals surface area contributed by atoms with Crippen molar-refractivity contribution in [3.8, 4) is 0 Å². The molecule has 0 aliphatic carbocycles. The third kappa shape index (κ3) is 3.71. The molecule has 0 atom stereocenters. The predicted molar refractivity (Wildman–Crippen MR) is 84.4 cm³/mol. The van der Waals surface area contributed by atoms with Gasteiger partial charge in [-0.3, -0.25) is 9.59 Å². The number of fused-ring (bicyclic) bond motifs is 1. The smallest absolute Gasteiger partial charge is 0.449 e. The quantitative estimate of drug-likeness (QED) is 0.719. The van der Waals surface area contributed by atoms with Crippen LogP contribution in [-0.4, -0.2) is 21.7 Å². The molecular weight excluding hydrogens is 351 g/mol. The minimum Gasteiger partial charge on any atom is -0.451 e. The van der Waals surface area contributed by atoms with Gasteiger partial charge in [-0.15, -0.1) is 0 Å². The zero-order chi connectivity index (χ0) is 18.9. The number of hydrogen-bond acceptors (Lipinski definition) is 5. The average molecular weight is 363 g/mol. The first-order valence-electron chi connectivity index (χ1n) is 7.45. The lowest BCUT2D eigenvalue weighted by atomic mass is 10.1. The van der Waals surface area contributed by atoms with Crippen molar-refractivity contribution in [2.45, 2.75) is 19.6 Å². The van der Waals surface area contributed by atoms with Gasteiger partial charge in [-0.05, 0) is 23.8 Å². The maximum atomic E-state index is 12.7. The first-order valence-corrected chi connectivity index (χ1v) is 7.45. The molecule has 0 saturated heterocycles. The second-order valence-electron chi connectivity index (χ2n) is 5.51. The van der Waals surface area contributed by atoms with Crippen LogP contribution in [0.4, 0.5) is 13.2 Å². The monoisotopic (exact) mass is 363 g/mol. The van der Waals surface area contributed by atoms with Crippen LogP contribution in [0.3, 0.4) is 0 Å². The summed E-state index contributed by atoms with van der Waals surface area (Å²) in [5.74, 6) is -1.91. The van der Waals surface area contributed by atoms with E-state index in [1.165, 1.54) is 25.1 Å².